The van der Waals surface area contributed by atoms with Crippen molar-refractivity contribution in [2.24, 2.45) is 7.05 Å². The lowest BCUT2D eigenvalue weighted by atomic mass is 10.2. The molecule has 1 aromatic heterocycles. The number of aromatic nitrogens is 2. The van der Waals surface area contributed by atoms with Crippen LogP contribution in [0, 0.1) is 6.92 Å². The third-order valence-corrected chi connectivity index (χ3v) is 5.30. The summed E-state index contributed by atoms with van der Waals surface area (Å²) < 4.78 is 12.7. The largest absolute Gasteiger partial charge is 0.383 e. The molecule has 1 fully saturated rings. The highest BCUT2D eigenvalue weighted by Gasteiger charge is 2.27. The van der Waals surface area contributed by atoms with Crippen LogP contribution in [-0.4, -0.2) is 48.0 Å². The maximum atomic E-state index is 5.65. The first-order valence-electron chi connectivity index (χ1n) is 7.14. The molecule has 1 aliphatic heterocycles. The first kappa shape index (κ1) is 15.8. The van der Waals surface area contributed by atoms with E-state index in [1.54, 1.807) is 7.11 Å². The maximum absolute atomic E-state index is 5.65. The van der Waals surface area contributed by atoms with Gasteiger partial charge in [-0.15, -0.1) is 11.8 Å². The van der Waals surface area contributed by atoms with Crippen molar-refractivity contribution in [3.8, 4) is 0 Å². The zero-order chi connectivity index (χ0) is 14.5. The van der Waals surface area contributed by atoms with Crippen LogP contribution >= 0.6 is 11.8 Å². The topological polar surface area (TPSA) is 48.3 Å². The number of nitrogens with zero attached hydrogens (tertiary/aromatic N) is 2. The van der Waals surface area contributed by atoms with Gasteiger partial charge in [0.1, 0.15) is 0 Å². The Labute approximate surface area is 125 Å². The van der Waals surface area contributed by atoms with Crippen molar-refractivity contribution in [3.05, 3.63) is 11.3 Å². The fraction of sp³-hybridized carbons (Fsp3) is 0.786. The number of aryl methyl sites for hydroxylation is 2. The second-order valence-corrected chi connectivity index (χ2v) is 6.41. The monoisotopic (exact) mass is 299 g/mol. The number of ether oxygens (including phenoxy) is 2. The van der Waals surface area contributed by atoms with Gasteiger partial charge in [-0.3, -0.25) is 4.68 Å². The molecule has 6 heteroatoms. The SMILES string of the molecule is COCCNCc1c(C)nn(C)c1SC1CCOC1C. The second-order valence-electron chi connectivity index (χ2n) is 5.18. The number of rotatable bonds is 7. The molecule has 0 amide bonds. The molecule has 0 radical (unpaired) electrons. The van der Waals surface area contributed by atoms with Gasteiger partial charge in [0.2, 0.25) is 0 Å². The highest BCUT2D eigenvalue weighted by atomic mass is 32.2. The van der Waals surface area contributed by atoms with E-state index in [0.29, 0.717) is 11.4 Å². The molecule has 2 rings (SSSR count). The minimum absolute atomic E-state index is 0.324. The summed E-state index contributed by atoms with van der Waals surface area (Å²) in [5.41, 5.74) is 2.40. The summed E-state index contributed by atoms with van der Waals surface area (Å²) in [6.45, 7) is 7.54. The van der Waals surface area contributed by atoms with E-state index in [4.69, 9.17) is 9.47 Å². The molecule has 1 N–H and O–H groups in total. The van der Waals surface area contributed by atoms with Crippen LogP contribution in [0.25, 0.3) is 0 Å². The Morgan fingerprint density at radius 1 is 1.55 bits per heavy atom. The van der Waals surface area contributed by atoms with Crippen molar-refractivity contribution < 1.29 is 9.47 Å². The van der Waals surface area contributed by atoms with Gasteiger partial charge in [-0.1, -0.05) is 0 Å². The van der Waals surface area contributed by atoms with Gasteiger partial charge >= 0.3 is 0 Å². The van der Waals surface area contributed by atoms with Crippen molar-refractivity contribution in [2.75, 3.05) is 26.9 Å². The molecular formula is C14H25N3O2S. The van der Waals surface area contributed by atoms with E-state index in [1.807, 2.05) is 23.5 Å². The Hall–Kier alpha value is -0.560. The molecule has 20 heavy (non-hydrogen) atoms. The van der Waals surface area contributed by atoms with E-state index in [-0.39, 0.29) is 0 Å². The van der Waals surface area contributed by atoms with Crippen LogP contribution in [0.3, 0.4) is 0 Å². The number of nitrogens with one attached hydrogen (secondary N) is 1. The van der Waals surface area contributed by atoms with Crippen LogP contribution in [-0.2, 0) is 23.1 Å². The molecule has 2 unspecified atom stereocenters. The molecule has 114 valence electrons. The molecule has 1 saturated heterocycles. The molecule has 1 aromatic rings. The van der Waals surface area contributed by atoms with Crippen molar-refractivity contribution >= 4 is 11.8 Å². The van der Waals surface area contributed by atoms with E-state index in [0.717, 1.165) is 38.4 Å². The van der Waals surface area contributed by atoms with Gasteiger partial charge in [0, 0.05) is 44.7 Å². The minimum atomic E-state index is 0.324. The van der Waals surface area contributed by atoms with Crippen molar-refractivity contribution in [2.45, 2.75) is 43.2 Å². The molecule has 0 bridgehead atoms. The lowest BCUT2D eigenvalue weighted by Gasteiger charge is -2.15. The standard InChI is InChI=1S/C14H25N3O2S/c1-10-12(9-15-6-8-18-4)14(17(3)16-10)20-13-5-7-19-11(13)2/h11,13,15H,5-9H2,1-4H3. The lowest BCUT2D eigenvalue weighted by molar-refractivity contribution is 0.127. The van der Waals surface area contributed by atoms with Crippen molar-refractivity contribution in [3.63, 3.8) is 0 Å². The highest BCUT2D eigenvalue weighted by molar-refractivity contribution is 8.00. The molecule has 2 heterocycles. The Balaban J connectivity index is 2.02. The molecule has 5 nitrogen and oxygen atoms in total. The summed E-state index contributed by atoms with van der Waals surface area (Å²) >= 11 is 1.90. The van der Waals surface area contributed by atoms with Crippen molar-refractivity contribution in [1.82, 2.24) is 15.1 Å². The van der Waals surface area contributed by atoms with E-state index in [1.165, 1.54) is 10.6 Å². The summed E-state index contributed by atoms with van der Waals surface area (Å²) in [6.07, 6.45) is 1.44. The van der Waals surface area contributed by atoms with E-state index in [9.17, 15) is 0 Å². The zero-order valence-corrected chi connectivity index (χ0v) is 13.6. The number of hydrogen-bond donors (Lipinski definition) is 1. The van der Waals surface area contributed by atoms with E-state index < -0.39 is 0 Å². The Kier molecular flexibility index (Phi) is 5.89. The first-order chi connectivity index (χ1) is 9.63. The number of methoxy groups -OCH3 is 1. The smallest absolute Gasteiger partial charge is 0.0988 e. The molecule has 0 spiro atoms. The van der Waals surface area contributed by atoms with Crippen LogP contribution in [0.5, 0.6) is 0 Å². The third kappa shape index (κ3) is 3.75. The quantitative estimate of drug-likeness (QED) is 0.777. The highest BCUT2D eigenvalue weighted by Crippen LogP contribution is 2.35. The second kappa shape index (κ2) is 7.45. The molecule has 0 saturated carbocycles. The zero-order valence-electron chi connectivity index (χ0n) is 12.8. The average Bonchev–Trinajstić information content (AvgIpc) is 2.92. The molecule has 2 atom stereocenters. The summed E-state index contributed by atoms with van der Waals surface area (Å²) in [5.74, 6) is 0. The van der Waals surface area contributed by atoms with E-state index in [2.05, 4.69) is 24.3 Å². The van der Waals surface area contributed by atoms with Crippen molar-refractivity contribution in [1.29, 1.82) is 0 Å². The average molecular weight is 299 g/mol. The van der Waals surface area contributed by atoms with Gasteiger partial charge < -0.3 is 14.8 Å². The van der Waals surface area contributed by atoms with Gasteiger partial charge in [-0.05, 0) is 20.3 Å². The van der Waals surface area contributed by atoms with Gasteiger partial charge in [0.05, 0.1) is 23.4 Å². The van der Waals surface area contributed by atoms with Crippen LogP contribution in [0.1, 0.15) is 24.6 Å². The van der Waals surface area contributed by atoms with Gasteiger partial charge in [-0.2, -0.15) is 5.10 Å². The number of thioether (sulfide) groups is 1. The third-order valence-electron chi connectivity index (χ3n) is 3.64. The minimum Gasteiger partial charge on any atom is -0.383 e. The Morgan fingerprint density at radius 3 is 3.00 bits per heavy atom. The van der Waals surface area contributed by atoms with Gasteiger partial charge in [0.15, 0.2) is 0 Å². The summed E-state index contributed by atoms with van der Waals surface area (Å²) in [6, 6.07) is 0. The molecular weight excluding hydrogens is 274 g/mol. The van der Waals surface area contributed by atoms with Gasteiger partial charge in [-0.25, -0.2) is 0 Å². The summed E-state index contributed by atoms with van der Waals surface area (Å²) in [7, 11) is 3.74. The normalized spacial score (nSPS) is 22.6. The van der Waals surface area contributed by atoms with Crippen LogP contribution in [0.4, 0.5) is 0 Å². The fourth-order valence-corrected chi connectivity index (χ4v) is 3.76. The van der Waals surface area contributed by atoms with E-state index >= 15 is 0 Å². The number of hydrogen-bond acceptors (Lipinski definition) is 5. The molecule has 1 aliphatic rings. The Bertz CT molecular complexity index is 436. The molecule has 0 aromatic carbocycles. The summed E-state index contributed by atoms with van der Waals surface area (Å²) in [4.78, 5) is 0. The lowest BCUT2D eigenvalue weighted by Crippen LogP contribution is -2.20. The van der Waals surface area contributed by atoms with Crippen LogP contribution in [0.15, 0.2) is 5.03 Å². The van der Waals surface area contributed by atoms with Crippen LogP contribution < -0.4 is 5.32 Å². The van der Waals surface area contributed by atoms with Gasteiger partial charge in [0.25, 0.3) is 0 Å². The summed E-state index contributed by atoms with van der Waals surface area (Å²) in [5, 5.41) is 9.76. The maximum Gasteiger partial charge on any atom is 0.0988 e. The first-order valence-corrected chi connectivity index (χ1v) is 8.01. The molecule has 0 aliphatic carbocycles. The Morgan fingerprint density at radius 2 is 2.35 bits per heavy atom. The predicted octanol–water partition coefficient (Wildman–Crippen LogP) is 1.73. The van der Waals surface area contributed by atoms with Crippen LogP contribution in [0.2, 0.25) is 0 Å². The fourth-order valence-electron chi connectivity index (χ4n) is 2.43. The predicted molar refractivity (Wildman–Crippen MR) is 81.2 cm³/mol.